The summed E-state index contributed by atoms with van der Waals surface area (Å²) in [6.07, 6.45) is 9.46. The molecular weight excluding hydrogens is 735 g/mol. The summed E-state index contributed by atoms with van der Waals surface area (Å²) in [5.41, 5.74) is 7.94. The Morgan fingerprint density at radius 3 is 2.43 bits per heavy atom. The van der Waals surface area contributed by atoms with Gasteiger partial charge in [-0.1, -0.05) is 80.5 Å². The largest absolute Gasteiger partial charge is 0.486 e. The fourth-order valence-corrected chi connectivity index (χ4v) is 8.49. The van der Waals surface area contributed by atoms with E-state index < -0.39 is 8.07 Å². The van der Waals surface area contributed by atoms with Gasteiger partial charge in [0, 0.05) is 43.6 Å². The zero-order chi connectivity index (χ0) is 30.1. The molecule has 0 saturated heterocycles. The number of benzene rings is 2. The van der Waals surface area contributed by atoms with Gasteiger partial charge in [0.25, 0.3) is 0 Å². The SMILES string of the molecule is C[Si](C)(C)C1=CN=C(c2[c-]cccc2)C2CCCCC12.Cc1ccc2c(n1)oc1c(-c3cc(C(C)C)ccn3)[c-]ccc12.[Ir]. The van der Waals surface area contributed by atoms with E-state index >= 15 is 0 Å². The van der Waals surface area contributed by atoms with E-state index in [2.05, 4.69) is 92.1 Å². The first kappa shape index (κ1) is 32.2. The van der Waals surface area contributed by atoms with Gasteiger partial charge >= 0.3 is 0 Å². The zero-order valence-electron chi connectivity index (χ0n) is 26.6. The first-order valence-corrected chi connectivity index (χ1v) is 19.1. The van der Waals surface area contributed by atoms with E-state index in [0.29, 0.717) is 17.5 Å². The molecule has 2 unspecified atom stereocenters. The van der Waals surface area contributed by atoms with Crippen LogP contribution in [0.1, 0.15) is 62.3 Å². The van der Waals surface area contributed by atoms with Crippen molar-refractivity contribution in [2.24, 2.45) is 16.8 Å². The molecule has 0 N–H and O–H groups in total. The first-order valence-electron chi connectivity index (χ1n) is 15.6. The number of aromatic nitrogens is 2. The minimum atomic E-state index is -1.25. The molecule has 1 radical (unpaired) electrons. The normalized spacial score (nSPS) is 18.2. The van der Waals surface area contributed by atoms with Crippen molar-refractivity contribution in [2.45, 2.75) is 72.0 Å². The number of allylic oxidation sites excluding steroid dienone is 1. The summed E-state index contributed by atoms with van der Waals surface area (Å²) in [5, 5.41) is 3.76. The molecule has 1 aliphatic heterocycles. The summed E-state index contributed by atoms with van der Waals surface area (Å²) in [6, 6.07) is 27.2. The van der Waals surface area contributed by atoms with Crippen LogP contribution >= 0.6 is 0 Å². The quantitative estimate of drug-likeness (QED) is 0.135. The van der Waals surface area contributed by atoms with Crippen LogP contribution in [0.4, 0.5) is 0 Å². The third-order valence-electron chi connectivity index (χ3n) is 8.85. The number of rotatable bonds is 4. The fraction of sp³-hybridized carbons (Fsp3) is 0.342. The summed E-state index contributed by atoms with van der Waals surface area (Å²) in [7, 11) is -1.25. The molecule has 1 fully saturated rings. The number of hydrogen-bond donors (Lipinski definition) is 0. The van der Waals surface area contributed by atoms with Crippen molar-refractivity contribution in [2.75, 3.05) is 0 Å². The number of nitrogens with zero attached hydrogens (tertiary/aromatic N) is 3. The van der Waals surface area contributed by atoms with Gasteiger partial charge in [0.05, 0.1) is 13.7 Å². The number of fused-ring (bicyclic) bond motifs is 4. The van der Waals surface area contributed by atoms with Crippen molar-refractivity contribution in [1.29, 1.82) is 0 Å². The molecule has 4 heterocycles. The smallest absolute Gasteiger partial charge is 0.216 e. The summed E-state index contributed by atoms with van der Waals surface area (Å²) in [5.74, 6) is 1.83. The van der Waals surface area contributed by atoms with Gasteiger partial charge in [0.1, 0.15) is 0 Å². The summed E-state index contributed by atoms with van der Waals surface area (Å²) in [4.78, 5) is 13.9. The average molecular weight is 776 g/mol. The Balaban J connectivity index is 0.000000172. The van der Waals surface area contributed by atoms with Crippen LogP contribution in [0.25, 0.3) is 33.3 Å². The Morgan fingerprint density at radius 2 is 1.70 bits per heavy atom. The van der Waals surface area contributed by atoms with Crippen molar-refractivity contribution in [3.8, 4) is 11.3 Å². The fourth-order valence-electron chi connectivity index (χ4n) is 6.58. The number of furan rings is 1. The molecular formula is C38H41IrN3OSi-2. The molecule has 5 aromatic rings. The maximum absolute atomic E-state index is 6.04. The Kier molecular flexibility index (Phi) is 9.84. The van der Waals surface area contributed by atoms with E-state index in [-0.39, 0.29) is 20.1 Å². The Bertz CT molecular complexity index is 1820. The Labute approximate surface area is 276 Å². The predicted molar refractivity (Wildman–Crippen MR) is 181 cm³/mol. The van der Waals surface area contributed by atoms with E-state index in [1.165, 1.54) is 42.5 Å². The maximum Gasteiger partial charge on any atom is 0.216 e. The molecule has 2 atom stereocenters. The zero-order valence-corrected chi connectivity index (χ0v) is 30.0. The van der Waals surface area contributed by atoms with Crippen LogP contribution in [0.5, 0.6) is 0 Å². The molecule has 229 valence electrons. The third-order valence-corrected chi connectivity index (χ3v) is 11.1. The van der Waals surface area contributed by atoms with E-state index in [1.807, 2.05) is 43.5 Å². The second-order valence-electron chi connectivity index (χ2n) is 13.3. The van der Waals surface area contributed by atoms with Gasteiger partial charge in [0.2, 0.25) is 5.71 Å². The molecule has 1 aliphatic carbocycles. The van der Waals surface area contributed by atoms with Gasteiger partial charge in [-0.25, -0.2) is 4.98 Å². The molecule has 6 heteroatoms. The standard InChI is InChI=1S/C20H17N2O.C18H24NSi.Ir/c1-12(2)14-9-10-21-18(11-14)17-6-4-5-15-16-8-7-13(3)22-20(16)23-19(15)17;1-20(2,3)17-13-19-18(14-9-5-4-6-10-14)16-12-8-7-11-15(16)17;/h4-5,7-12H,1-3H3;4-6,9,13,15-16H,7-8,11-12H2,1-3H3;/q2*-1;. The predicted octanol–water partition coefficient (Wildman–Crippen LogP) is 10.1. The molecule has 2 aliphatic rings. The monoisotopic (exact) mass is 776 g/mol. The molecule has 2 aromatic carbocycles. The Morgan fingerprint density at radius 1 is 0.909 bits per heavy atom. The Hall–Kier alpha value is -3.18. The van der Waals surface area contributed by atoms with Crippen LogP contribution in [-0.2, 0) is 20.1 Å². The summed E-state index contributed by atoms with van der Waals surface area (Å²) in [6.45, 7) is 13.7. The van der Waals surface area contributed by atoms with Gasteiger partial charge in [-0.2, -0.15) is 0 Å². The van der Waals surface area contributed by atoms with Crippen LogP contribution < -0.4 is 0 Å². The van der Waals surface area contributed by atoms with E-state index in [1.54, 1.807) is 5.20 Å². The van der Waals surface area contributed by atoms with E-state index in [0.717, 1.165) is 39.2 Å². The van der Waals surface area contributed by atoms with Crippen molar-refractivity contribution >= 4 is 35.9 Å². The molecule has 4 nitrogen and oxygen atoms in total. The van der Waals surface area contributed by atoms with Crippen molar-refractivity contribution in [3.05, 3.63) is 107 Å². The van der Waals surface area contributed by atoms with Crippen LogP contribution in [0, 0.1) is 30.9 Å². The maximum atomic E-state index is 6.04. The van der Waals surface area contributed by atoms with Gasteiger partial charge in [0.15, 0.2) is 0 Å². The third kappa shape index (κ3) is 6.58. The molecule has 7 rings (SSSR count). The minimum Gasteiger partial charge on any atom is -0.486 e. The van der Waals surface area contributed by atoms with Gasteiger partial charge in [-0.05, 0) is 60.7 Å². The van der Waals surface area contributed by atoms with Crippen LogP contribution in [0.15, 0.2) is 87.7 Å². The number of aryl methyl sites for hydroxylation is 1. The molecule has 0 spiro atoms. The first-order chi connectivity index (χ1) is 20.7. The number of pyridine rings is 2. The van der Waals surface area contributed by atoms with E-state index in [4.69, 9.17) is 9.41 Å². The molecule has 0 bridgehead atoms. The summed E-state index contributed by atoms with van der Waals surface area (Å²) < 4.78 is 6.04. The molecule has 3 aromatic heterocycles. The van der Waals surface area contributed by atoms with E-state index in [9.17, 15) is 0 Å². The average Bonchev–Trinajstić information content (AvgIpc) is 3.38. The van der Waals surface area contributed by atoms with Crippen molar-refractivity contribution in [1.82, 2.24) is 9.97 Å². The summed E-state index contributed by atoms with van der Waals surface area (Å²) >= 11 is 0. The van der Waals surface area contributed by atoms with Gasteiger partial charge in [-0.3, -0.25) is 0 Å². The second kappa shape index (κ2) is 13.4. The second-order valence-corrected chi connectivity index (χ2v) is 18.3. The topological polar surface area (TPSA) is 51.3 Å². The van der Waals surface area contributed by atoms with Gasteiger partial charge in [-0.15, -0.1) is 54.1 Å². The molecule has 0 amide bonds. The minimum absolute atomic E-state index is 0. The molecule has 44 heavy (non-hydrogen) atoms. The van der Waals surface area contributed by atoms with Crippen molar-refractivity contribution < 1.29 is 24.5 Å². The molecule has 1 saturated carbocycles. The van der Waals surface area contributed by atoms with Crippen molar-refractivity contribution in [3.63, 3.8) is 0 Å². The van der Waals surface area contributed by atoms with Crippen LogP contribution in [-0.4, -0.2) is 23.8 Å². The van der Waals surface area contributed by atoms with Crippen LogP contribution in [0.3, 0.4) is 0 Å². The van der Waals surface area contributed by atoms with Crippen LogP contribution in [0.2, 0.25) is 19.6 Å². The van der Waals surface area contributed by atoms with Gasteiger partial charge < -0.3 is 14.4 Å². The number of aliphatic imine (C=N–C) groups is 1. The number of hydrogen-bond acceptors (Lipinski definition) is 4.